The molecular formula is C16H21N5O6. The maximum atomic E-state index is 12.2. The molecule has 0 aliphatic carbocycles. The summed E-state index contributed by atoms with van der Waals surface area (Å²) < 4.78 is 7.82. The smallest absolute Gasteiger partial charge is 0.326 e. The molecule has 0 radical (unpaired) electrons. The first kappa shape index (κ1) is 19.8. The first-order valence-corrected chi connectivity index (χ1v) is 7.89. The summed E-state index contributed by atoms with van der Waals surface area (Å²) in [5.74, 6) is -4.79. The van der Waals surface area contributed by atoms with Crippen molar-refractivity contribution in [3.8, 4) is 0 Å². The van der Waals surface area contributed by atoms with Gasteiger partial charge in [-0.3, -0.25) is 24.2 Å². The van der Waals surface area contributed by atoms with Gasteiger partial charge in [-0.2, -0.15) is 0 Å². The second-order valence-electron chi connectivity index (χ2n) is 5.65. The van der Waals surface area contributed by atoms with Crippen LogP contribution in [0.1, 0.15) is 30.6 Å². The van der Waals surface area contributed by atoms with Crippen LogP contribution in [0.5, 0.6) is 0 Å². The summed E-state index contributed by atoms with van der Waals surface area (Å²) in [4.78, 5) is 62.1. The number of nitrogens with two attached hydrogens (primary N) is 1. The lowest BCUT2D eigenvalue weighted by Gasteiger charge is -2.20. The molecule has 0 spiro atoms. The Kier molecular flexibility index (Phi) is 7.23. The summed E-state index contributed by atoms with van der Waals surface area (Å²) in [6.45, 7) is 2.57. The van der Waals surface area contributed by atoms with Gasteiger partial charge in [-0.05, 0) is 26.0 Å². The monoisotopic (exact) mass is 380 g/mol. The number of carbonyl (C=O) groups is 5. The Morgan fingerprint density at radius 3 is 2.19 bits per heavy atom. The summed E-state index contributed by atoms with van der Waals surface area (Å²) in [6, 6.07) is -1.20. The molecule has 3 atom stereocenters. The average molecular weight is 380 g/mol. The second kappa shape index (κ2) is 9.85. The van der Waals surface area contributed by atoms with Gasteiger partial charge in [0.05, 0.1) is 6.42 Å². The first-order valence-electron chi connectivity index (χ1n) is 8.33. The van der Waals surface area contributed by atoms with Crippen LogP contribution in [0, 0.1) is 0 Å². The molecule has 4 amide bonds. The molecule has 0 bridgehead atoms. The number of aliphatic carboxylic acids is 1. The number of hydrogen-bond donors (Lipinski definition) is 5. The van der Waals surface area contributed by atoms with Crippen molar-refractivity contribution in [3.63, 3.8) is 0 Å². The second-order valence-corrected chi connectivity index (χ2v) is 5.65. The number of carboxylic acids is 1. The molecule has 0 fully saturated rings. The van der Waals surface area contributed by atoms with Gasteiger partial charge < -0.3 is 26.8 Å². The molecule has 0 aliphatic rings. The number of carbonyl (C=O) groups excluding carboxylic acids is 4. The number of pyridine rings is 1. The van der Waals surface area contributed by atoms with Crippen molar-refractivity contribution >= 4 is 29.6 Å². The summed E-state index contributed by atoms with van der Waals surface area (Å²) in [5, 5.41) is 13.8. The van der Waals surface area contributed by atoms with Crippen molar-refractivity contribution in [1.82, 2.24) is 20.9 Å². The van der Waals surface area contributed by atoms with E-state index in [4.69, 9.17) is 12.3 Å². The predicted molar refractivity (Wildman–Crippen MR) is 92.1 cm³/mol. The first-order chi connectivity index (χ1) is 13.0. The molecular weight excluding hydrogens is 358 g/mol. The van der Waals surface area contributed by atoms with Crippen LogP contribution in [0.25, 0.3) is 0 Å². The van der Waals surface area contributed by atoms with Gasteiger partial charge in [0.25, 0.3) is 5.91 Å². The maximum absolute atomic E-state index is 12.2. The summed E-state index contributed by atoms with van der Waals surface area (Å²) in [5.41, 5.74) is 5.09. The predicted octanol–water partition coefficient (Wildman–Crippen LogP) is -1.85. The minimum absolute atomic E-state index is 0.159. The number of aromatic nitrogens is 1. The molecule has 6 N–H and O–H groups in total. The van der Waals surface area contributed by atoms with Crippen LogP contribution < -0.4 is 21.7 Å². The Labute approximate surface area is 156 Å². The number of nitrogens with one attached hydrogen (secondary N) is 3. The average Bonchev–Trinajstić information content (AvgIpc) is 2.65. The number of nitrogens with zero attached hydrogens (tertiary/aromatic N) is 1. The van der Waals surface area contributed by atoms with Crippen molar-refractivity contribution in [2.75, 3.05) is 0 Å². The van der Waals surface area contributed by atoms with Gasteiger partial charge in [-0.15, -0.1) is 0 Å². The van der Waals surface area contributed by atoms with Crippen molar-refractivity contribution < 1.29 is 30.5 Å². The molecule has 0 aromatic carbocycles. The SMILES string of the molecule is [2H]N(C(=O)c1ccncc1)[C@@H](C)C(=O)N[C@@H](C)C(=O)N[C@@H](CC(N)=O)C(=O)O. The number of primary amides is 1. The molecule has 11 nitrogen and oxygen atoms in total. The van der Waals surface area contributed by atoms with Crippen LogP contribution in [0.2, 0.25) is 1.41 Å². The molecule has 11 heteroatoms. The van der Waals surface area contributed by atoms with Crippen molar-refractivity contribution in [2.45, 2.75) is 38.4 Å². The number of rotatable bonds is 9. The Morgan fingerprint density at radius 2 is 1.67 bits per heavy atom. The van der Waals surface area contributed by atoms with E-state index >= 15 is 0 Å². The largest absolute Gasteiger partial charge is 0.480 e. The van der Waals surface area contributed by atoms with Gasteiger partial charge in [0.15, 0.2) is 1.41 Å². The van der Waals surface area contributed by atoms with E-state index in [1.165, 1.54) is 38.4 Å². The van der Waals surface area contributed by atoms with Crippen molar-refractivity contribution in [2.24, 2.45) is 5.73 Å². The lowest BCUT2D eigenvalue weighted by Crippen LogP contribution is -2.54. The van der Waals surface area contributed by atoms with Crippen LogP contribution in [0.3, 0.4) is 0 Å². The Morgan fingerprint density at radius 1 is 1.11 bits per heavy atom. The van der Waals surface area contributed by atoms with E-state index in [1.54, 1.807) is 0 Å². The highest BCUT2D eigenvalue weighted by Crippen LogP contribution is 1.98. The van der Waals surface area contributed by atoms with Gasteiger partial charge in [-0.1, -0.05) is 0 Å². The topological polar surface area (TPSA) is 181 Å². The molecule has 1 heterocycles. The van der Waals surface area contributed by atoms with Crippen LogP contribution in [0.4, 0.5) is 0 Å². The molecule has 1 aromatic rings. The molecule has 27 heavy (non-hydrogen) atoms. The summed E-state index contributed by atoms with van der Waals surface area (Å²) >= 11 is 0. The molecule has 0 saturated heterocycles. The van der Waals surface area contributed by atoms with Gasteiger partial charge in [0.2, 0.25) is 17.7 Å². The fourth-order valence-electron chi connectivity index (χ4n) is 1.90. The zero-order valence-electron chi connectivity index (χ0n) is 15.7. The highest BCUT2D eigenvalue weighted by atomic mass is 16.4. The normalized spacial score (nSPS) is 14.1. The van der Waals surface area contributed by atoms with E-state index in [-0.39, 0.29) is 5.56 Å². The van der Waals surface area contributed by atoms with Crippen LogP contribution in [-0.2, 0) is 19.2 Å². The molecule has 0 aliphatic heterocycles. The summed E-state index contributed by atoms with van der Waals surface area (Å²) in [6.07, 6.45) is 2.12. The maximum Gasteiger partial charge on any atom is 0.326 e. The number of amides is 4. The van der Waals surface area contributed by atoms with E-state index in [0.29, 0.717) is 5.31 Å². The minimum Gasteiger partial charge on any atom is -0.480 e. The van der Waals surface area contributed by atoms with Crippen LogP contribution in [0.15, 0.2) is 24.5 Å². The van der Waals surface area contributed by atoms with E-state index < -0.39 is 54.1 Å². The van der Waals surface area contributed by atoms with E-state index in [2.05, 4.69) is 15.6 Å². The standard InChI is InChI=1S/C16H21N5O6/c1-8(20-15(25)10-3-5-18-6-4-10)13(23)19-9(2)14(24)21-11(16(26)27)7-12(17)22/h3-6,8-9,11H,7H2,1-2H3,(H2,17,22)(H,19,23)(H,20,25)(H,21,24)(H,26,27)/t8-,9-,11-/m0/s1/i/hD. The Balaban J connectivity index is 2.69. The zero-order chi connectivity index (χ0) is 21.4. The third-order valence-corrected chi connectivity index (χ3v) is 3.39. The fourth-order valence-corrected chi connectivity index (χ4v) is 1.90. The van der Waals surface area contributed by atoms with Gasteiger partial charge in [-0.25, -0.2) is 4.79 Å². The quantitative estimate of drug-likeness (QED) is 0.333. The van der Waals surface area contributed by atoms with Crippen LogP contribution in [-0.4, -0.2) is 57.8 Å². The van der Waals surface area contributed by atoms with Crippen molar-refractivity contribution in [3.05, 3.63) is 30.1 Å². The lowest BCUT2D eigenvalue weighted by atomic mass is 10.1. The van der Waals surface area contributed by atoms with E-state index in [1.807, 2.05) is 0 Å². The van der Waals surface area contributed by atoms with E-state index in [0.717, 1.165) is 0 Å². The van der Waals surface area contributed by atoms with E-state index in [9.17, 15) is 24.0 Å². The lowest BCUT2D eigenvalue weighted by molar-refractivity contribution is -0.143. The Hall–Kier alpha value is -3.50. The number of carboxylic acid groups (broad SMARTS) is 1. The Bertz CT molecular complexity index is 759. The molecule has 1 aromatic heterocycles. The third kappa shape index (κ3) is 7.10. The fraction of sp³-hybridized carbons (Fsp3) is 0.375. The van der Waals surface area contributed by atoms with Gasteiger partial charge in [0.1, 0.15) is 18.1 Å². The highest BCUT2D eigenvalue weighted by molar-refractivity contribution is 5.98. The van der Waals surface area contributed by atoms with Crippen LogP contribution >= 0.6 is 0 Å². The zero-order valence-corrected chi connectivity index (χ0v) is 14.7. The molecule has 0 unspecified atom stereocenters. The molecule has 146 valence electrons. The van der Waals surface area contributed by atoms with Crippen molar-refractivity contribution in [1.29, 1.82) is 0 Å². The molecule has 0 saturated carbocycles. The molecule has 1 rings (SSSR count). The highest BCUT2D eigenvalue weighted by Gasteiger charge is 2.26. The number of hydrogen-bond acceptors (Lipinski definition) is 6. The summed E-state index contributed by atoms with van der Waals surface area (Å²) in [7, 11) is 0. The third-order valence-electron chi connectivity index (χ3n) is 3.39. The van der Waals surface area contributed by atoms with Gasteiger partial charge in [0, 0.05) is 18.0 Å². The minimum atomic E-state index is -1.54. The van der Waals surface area contributed by atoms with Gasteiger partial charge >= 0.3 is 5.97 Å².